The van der Waals surface area contributed by atoms with Crippen LogP contribution in [-0.2, 0) is 10.3 Å². The van der Waals surface area contributed by atoms with E-state index in [-0.39, 0.29) is 0 Å². The Kier molecular flexibility index (Phi) is 3.32. The van der Waals surface area contributed by atoms with E-state index < -0.39 is 5.60 Å². The van der Waals surface area contributed by atoms with Crippen molar-refractivity contribution in [3.63, 3.8) is 0 Å². The first kappa shape index (κ1) is 12.1. The minimum absolute atomic E-state index is 0.307. The Bertz CT molecular complexity index is 395. The molecule has 2 aliphatic heterocycles. The molecule has 2 N–H and O–H groups in total. The number of ether oxygens (including phenoxy) is 1. The molecule has 3 rings (SSSR count). The summed E-state index contributed by atoms with van der Waals surface area (Å²) in [5, 5.41) is 17.7. The van der Waals surface area contributed by atoms with Gasteiger partial charge in [0.15, 0.2) is 5.82 Å². The molecular formula is C12H19N3O3. The van der Waals surface area contributed by atoms with Crippen LogP contribution in [0, 0.1) is 0 Å². The molecule has 2 aliphatic rings. The molecule has 0 spiro atoms. The van der Waals surface area contributed by atoms with Crippen LogP contribution < -0.4 is 5.32 Å². The van der Waals surface area contributed by atoms with Gasteiger partial charge in [-0.05, 0) is 38.8 Å². The van der Waals surface area contributed by atoms with Crippen LogP contribution in [0.15, 0.2) is 4.52 Å². The van der Waals surface area contributed by atoms with Crippen LogP contribution in [0.5, 0.6) is 0 Å². The third-order valence-corrected chi connectivity index (χ3v) is 3.86. The van der Waals surface area contributed by atoms with Gasteiger partial charge in [-0.25, -0.2) is 0 Å². The Hall–Kier alpha value is -0.980. The molecule has 1 aromatic rings. The zero-order valence-electron chi connectivity index (χ0n) is 10.4. The Morgan fingerprint density at radius 3 is 2.67 bits per heavy atom. The minimum atomic E-state index is -0.943. The molecule has 2 fully saturated rings. The van der Waals surface area contributed by atoms with Crippen LogP contribution in [-0.4, -0.2) is 41.6 Å². The Morgan fingerprint density at radius 2 is 1.94 bits per heavy atom. The summed E-state index contributed by atoms with van der Waals surface area (Å²) < 4.78 is 10.6. The fourth-order valence-electron chi connectivity index (χ4n) is 2.60. The second-order valence-corrected chi connectivity index (χ2v) is 5.13. The van der Waals surface area contributed by atoms with Crippen LogP contribution >= 0.6 is 0 Å². The summed E-state index contributed by atoms with van der Waals surface area (Å²) in [6.07, 6.45) is 3.11. The second-order valence-electron chi connectivity index (χ2n) is 5.13. The third-order valence-electron chi connectivity index (χ3n) is 3.86. The highest BCUT2D eigenvalue weighted by Gasteiger charge is 2.37. The number of hydrogen-bond acceptors (Lipinski definition) is 6. The van der Waals surface area contributed by atoms with E-state index in [1.54, 1.807) is 0 Å². The number of piperidine rings is 1. The van der Waals surface area contributed by atoms with E-state index in [1.165, 1.54) is 0 Å². The van der Waals surface area contributed by atoms with Crippen molar-refractivity contribution >= 4 is 0 Å². The van der Waals surface area contributed by atoms with E-state index in [4.69, 9.17) is 9.26 Å². The lowest BCUT2D eigenvalue weighted by Gasteiger charge is -2.28. The summed E-state index contributed by atoms with van der Waals surface area (Å²) in [5.74, 6) is 1.41. The summed E-state index contributed by atoms with van der Waals surface area (Å²) in [4.78, 5) is 4.42. The van der Waals surface area contributed by atoms with Gasteiger partial charge in [-0.15, -0.1) is 0 Å². The Balaban J connectivity index is 1.75. The number of rotatable bonds is 2. The predicted molar refractivity (Wildman–Crippen MR) is 63.1 cm³/mol. The standard InChI is InChI=1S/C12H19N3O3/c16-12(3-5-13-6-4-12)11-14-10(15-18-11)9-1-7-17-8-2-9/h9,13,16H,1-8H2. The van der Waals surface area contributed by atoms with Gasteiger partial charge in [0.1, 0.15) is 5.60 Å². The van der Waals surface area contributed by atoms with Crippen LogP contribution in [0.1, 0.15) is 43.3 Å². The van der Waals surface area contributed by atoms with E-state index in [2.05, 4.69) is 15.5 Å². The molecule has 18 heavy (non-hydrogen) atoms. The highest BCUT2D eigenvalue weighted by molar-refractivity contribution is 5.04. The van der Waals surface area contributed by atoms with Crippen molar-refractivity contribution in [1.29, 1.82) is 0 Å². The maximum Gasteiger partial charge on any atom is 0.258 e. The molecule has 0 saturated carbocycles. The van der Waals surface area contributed by atoms with Gasteiger partial charge >= 0.3 is 0 Å². The van der Waals surface area contributed by atoms with Gasteiger partial charge in [-0.3, -0.25) is 0 Å². The van der Waals surface area contributed by atoms with E-state index >= 15 is 0 Å². The fourth-order valence-corrected chi connectivity index (χ4v) is 2.60. The first-order valence-electron chi connectivity index (χ1n) is 6.63. The predicted octanol–water partition coefficient (Wildman–Crippen LogP) is 0.535. The zero-order chi connectivity index (χ0) is 12.4. The van der Waals surface area contributed by atoms with Crippen molar-refractivity contribution in [2.75, 3.05) is 26.3 Å². The molecule has 100 valence electrons. The summed E-state index contributed by atoms with van der Waals surface area (Å²) in [7, 11) is 0. The average molecular weight is 253 g/mol. The van der Waals surface area contributed by atoms with Gasteiger partial charge in [0.25, 0.3) is 5.89 Å². The van der Waals surface area contributed by atoms with E-state index in [0.717, 1.165) is 45.0 Å². The smallest absolute Gasteiger partial charge is 0.258 e. The van der Waals surface area contributed by atoms with Gasteiger partial charge in [0.2, 0.25) is 0 Å². The van der Waals surface area contributed by atoms with E-state index in [1.807, 2.05) is 0 Å². The van der Waals surface area contributed by atoms with Crippen molar-refractivity contribution in [2.24, 2.45) is 0 Å². The molecule has 2 saturated heterocycles. The molecule has 0 aliphatic carbocycles. The summed E-state index contributed by atoms with van der Waals surface area (Å²) in [6, 6.07) is 0. The Morgan fingerprint density at radius 1 is 1.22 bits per heavy atom. The topological polar surface area (TPSA) is 80.4 Å². The number of aromatic nitrogens is 2. The molecule has 1 aromatic heterocycles. The first-order valence-corrected chi connectivity index (χ1v) is 6.63. The van der Waals surface area contributed by atoms with Crippen LogP contribution in [0.25, 0.3) is 0 Å². The molecule has 0 aromatic carbocycles. The molecular weight excluding hydrogens is 234 g/mol. The summed E-state index contributed by atoms with van der Waals surface area (Å²) in [5.41, 5.74) is -0.943. The number of nitrogens with zero attached hydrogens (tertiary/aromatic N) is 2. The second kappa shape index (κ2) is 4.95. The van der Waals surface area contributed by atoms with Crippen LogP contribution in [0.3, 0.4) is 0 Å². The zero-order valence-corrected chi connectivity index (χ0v) is 10.4. The van der Waals surface area contributed by atoms with Crippen molar-refractivity contribution in [3.8, 4) is 0 Å². The van der Waals surface area contributed by atoms with Gasteiger partial charge < -0.3 is 19.7 Å². The molecule has 0 atom stereocenters. The highest BCUT2D eigenvalue weighted by Crippen LogP contribution is 2.31. The largest absolute Gasteiger partial charge is 0.381 e. The van der Waals surface area contributed by atoms with Gasteiger partial charge in [0, 0.05) is 19.1 Å². The number of hydrogen-bond donors (Lipinski definition) is 2. The van der Waals surface area contributed by atoms with Gasteiger partial charge in [-0.1, -0.05) is 5.16 Å². The lowest BCUT2D eigenvalue weighted by molar-refractivity contribution is -0.0228. The quantitative estimate of drug-likeness (QED) is 0.800. The minimum Gasteiger partial charge on any atom is -0.381 e. The molecule has 3 heterocycles. The van der Waals surface area contributed by atoms with Crippen molar-refractivity contribution < 1.29 is 14.4 Å². The lowest BCUT2D eigenvalue weighted by Crippen LogP contribution is -2.40. The summed E-state index contributed by atoms with van der Waals surface area (Å²) in [6.45, 7) is 3.07. The average Bonchev–Trinajstić information content (AvgIpc) is 2.91. The summed E-state index contributed by atoms with van der Waals surface area (Å²) >= 11 is 0. The van der Waals surface area contributed by atoms with Crippen molar-refractivity contribution in [1.82, 2.24) is 15.5 Å². The van der Waals surface area contributed by atoms with Crippen LogP contribution in [0.2, 0.25) is 0 Å². The van der Waals surface area contributed by atoms with Crippen LogP contribution in [0.4, 0.5) is 0 Å². The van der Waals surface area contributed by atoms with E-state index in [9.17, 15) is 5.11 Å². The molecule has 6 heteroatoms. The highest BCUT2D eigenvalue weighted by atomic mass is 16.5. The normalized spacial score (nSPS) is 25.2. The van der Waals surface area contributed by atoms with Gasteiger partial charge in [0.05, 0.1) is 0 Å². The Labute approximate surface area is 106 Å². The maximum atomic E-state index is 10.5. The lowest BCUT2D eigenvalue weighted by atomic mass is 9.92. The number of nitrogens with one attached hydrogen (secondary N) is 1. The van der Waals surface area contributed by atoms with Crippen molar-refractivity contribution in [3.05, 3.63) is 11.7 Å². The number of aliphatic hydroxyl groups is 1. The monoisotopic (exact) mass is 253 g/mol. The first-order chi connectivity index (χ1) is 8.78. The third kappa shape index (κ3) is 2.28. The fraction of sp³-hybridized carbons (Fsp3) is 0.833. The molecule has 0 radical (unpaired) electrons. The molecule has 0 unspecified atom stereocenters. The molecule has 0 amide bonds. The van der Waals surface area contributed by atoms with Gasteiger partial charge in [-0.2, -0.15) is 4.98 Å². The maximum absolute atomic E-state index is 10.5. The molecule has 6 nitrogen and oxygen atoms in total. The molecule has 0 bridgehead atoms. The van der Waals surface area contributed by atoms with E-state index in [0.29, 0.717) is 24.7 Å². The van der Waals surface area contributed by atoms with Crippen molar-refractivity contribution in [2.45, 2.75) is 37.2 Å². The SMILES string of the molecule is OC1(c2nc(C3CCOCC3)no2)CCNCC1.